The maximum Gasteiger partial charge on any atom is 0.236 e. The molecule has 0 radical (unpaired) electrons. The third kappa shape index (κ3) is 2.84. The molecule has 0 unspecified atom stereocenters. The van der Waals surface area contributed by atoms with E-state index in [1.54, 1.807) is 0 Å². The van der Waals surface area contributed by atoms with Crippen LogP contribution in [0.5, 0.6) is 0 Å². The van der Waals surface area contributed by atoms with E-state index in [4.69, 9.17) is 18.8 Å². The number of benzene rings is 5. The predicted molar refractivity (Wildman–Crippen MR) is 156 cm³/mol. The molecular formula is C34H19N3O2. The molecular weight excluding hydrogens is 482 g/mol. The Hall–Kier alpha value is -5.42. The number of hydrogen-bond donors (Lipinski definition) is 0. The van der Waals surface area contributed by atoms with Crippen LogP contribution in [-0.4, -0.2) is 14.5 Å². The van der Waals surface area contributed by atoms with E-state index in [9.17, 15) is 0 Å². The number of para-hydroxylation sites is 3. The van der Waals surface area contributed by atoms with Crippen LogP contribution < -0.4 is 0 Å². The molecule has 4 aromatic heterocycles. The first-order valence-electron chi connectivity index (χ1n) is 12.9. The molecule has 0 N–H and O–H groups in total. The van der Waals surface area contributed by atoms with Crippen molar-refractivity contribution in [2.24, 2.45) is 0 Å². The number of furan rings is 2. The molecule has 9 aromatic rings. The summed E-state index contributed by atoms with van der Waals surface area (Å²) in [5.41, 5.74) is 7.77. The van der Waals surface area contributed by atoms with Crippen molar-refractivity contribution in [2.75, 3.05) is 0 Å². The SMILES string of the molecule is c1ccc(-c2nc(-n3c4ccccc4c4cc5c(cc43)oc3ccccc35)nc3c2oc2ccccc23)cc1. The fourth-order valence-corrected chi connectivity index (χ4v) is 5.87. The zero-order valence-corrected chi connectivity index (χ0v) is 20.6. The van der Waals surface area contributed by atoms with Gasteiger partial charge in [0.05, 0.1) is 11.0 Å². The van der Waals surface area contributed by atoms with Gasteiger partial charge in [-0.3, -0.25) is 4.57 Å². The Labute approximate surface area is 221 Å². The highest BCUT2D eigenvalue weighted by molar-refractivity contribution is 6.17. The molecule has 0 bridgehead atoms. The average molecular weight is 502 g/mol. The Morgan fingerprint density at radius 1 is 0.487 bits per heavy atom. The summed E-state index contributed by atoms with van der Waals surface area (Å²) in [4.78, 5) is 10.3. The highest BCUT2D eigenvalue weighted by atomic mass is 16.3. The standard InChI is InChI=1S/C34H19N3O2/c1-2-10-20(11-3-1)31-33-32(23-14-6-9-17-29(23)39-33)36-34(35-31)37-26-15-7-4-12-21(26)24-18-25-22-13-5-8-16-28(22)38-30(25)19-27(24)37/h1-19H. The molecule has 0 aliphatic carbocycles. The molecule has 0 saturated heterocycles. The maximum absolute atomic E-state index is 6.33. The molecule has 0 amide bonds. The molecule has 5 aromatic carbocycles. The van der Waals surface area contributed by atoms with Crippen LogP contribution in [-0.2, 0) is 0 Å². The maximum atomic E-state index is 6.33. The number of rotatable bonds is 2. The highest BCUT2D eigenvalue weighted by Crippen LogP contribution is 2.39. The zero-order chi connectivity index (χ0) is 25.5. The van der Waals surface area contributed by atoms with Gasteiger partial charge < -0.3 is 8.83 Å². The highest BCUT2D eigenvalue weighted by Gasteiger charge is 2.21. The van der Waals surface area contributed by atoms with Crippen LogP contribution in [0.2, 0.25) is 0 Å². The van der Waals surface area contributed by atoms with Gasteiger partial charge in [-0.25, -0.2) is 9.97 Å². The van der Waals surface area contributed by atoms with Crippen molar-refractivity contribution < 1.29 is 8.83 Å². The summed E-state index contributed by atoms with van der Waals surface area (Å²) in [5.74, 6) is 0.592. The summed E-state index contributed by atoms with van der Waals surface area (Å²) >= 11 is 0. The largest absolute Gasteiger partial charge is 0.456 e. The van der Waals surface area contributed by atoms with Gasteiger partial charge in [-0.1, -0.05) is 78.9 Å². The van der Waals surface area contributed by atoms with Crippen LogP contribution in [0.1, 0.15) is 0 Å². The second-order valence-corrected chi connectivity index (χ2v) is 9.83. The summed E-state index contributed by atoms with van der Waals surface area (Å²) in [6, 6.07) is 39.1. The topological polar surface area (TPSA) is 57.0 Å². The van der Waals surface area contributed by atoms with E-state index in [2.05, 4.69) is 65.2 Å². The van der Waals surface area contributed by atoms with Crippen LogP contribution >= 0.6 is 0 Å². The second kappa shape index (κ2) is 7.55. The Morgan fingerprint density at radius 3 is 2.03 bits per heavy atom. The van der Waals surface area contributed by atoms with Gasteiger partial charge in [-0.2, -0.15) is 0 Å². The molecule has 0 atom stereocenters. The van der Waals surface area contributed by atoms with E-state index in [0.717, 1.165) is 71.5 Å². The smallest absolute Gasteiger partial charge is 0.236 e. The number of nitrogens with zero attached hydrogens (tertiary/aromatic N) is 3. The number of hydrogen-bond acceptors (Lipinski definition) is 4. The van der Waals surface area contributed by atoms with E-state index in [0.29, 0.717) is 11.5 Å². The second-order valence-electron chi connectivity index (χ2n) is 9.83. The zero-order valence-electron chi connectivity index (χ0n) is 20.6. The summed E-state index contributed by atoms with van der Waals surface area (Å²) in [6.45, 7) is 0. The van der Waals surface area contributed by atoms with Gasteiger partial charge in [-0.05, 0) is 30.3 Å². The fraction of sp³-hybridized carbons (Fsp3) is 0. The van der Waals surface area contributed by atoms with Crippen molar-refractivity contribution in [1.82, 2.24) is 14.5 Å². The summed E-state index contributed by atoms with van der Waals surface area (Å²) in [6.07, 6.45) is 0. The minimum Gasteiger partial charge on any atom is -0.456 e. The van der Waals surface area contributed by atoms with Gasteiger partial charge in [0.1, 0.15) is 28.0 Å². The van der Waals surface area contributed by atoms with Crippen LogP contribution in [0.3, 0.4) is 0 Å². The van der Waals surface area contributed by atoms with E-state index in [1.807, 2.05) is 54.6 Å². The molecule has 0 fully saturated rings. The Bertz CT molecular complexity index is 2390. The lowest BCUT2D eigenvalue weighted by Crippen LogP contribution is -2.02. The molecule has 0 spiro atoms. The number of fused-ring (bicyclic) bond motifs is 9. The average Bonchev–Trinajstić information content (AvgIpc) is 3.65. The van der Waals surface area contributed by atoms with Crippen molar-refractivity contribution in [2.45, 2.75) is 0 Å². The number of aromatic nitrogens is 3. The normalized spacial score (nSPS) is 12.1. The van der Waals surface area contributed by atoms with E-state index < -0.39 is 0 Å². The first-order chi connectivity index (χ1) is 19.3. The Balaban J connectivity index is 1.45. The van der Waals surface area contributed by atoms with Crippen LogP contribution in [0.25, 0.3) is 83.0 Å². The first kappa shape index (κ1) is 20.6. The van der Waals surface area contributed by atoms with Gasteiger partial charge in [0.15, 0.2) is 5.58 Å². The molecule has 9 rings (SSSR count). The molecule has 182 valence electrons. The molecule has 4 heterocycles. The third-order valence-electron chi connectivity index (χ3n) is 7.63. The van der Waals surface area contributed by atoms with Crippen molar-refractivity contribution in [1.29, 1.82) is 0 Å². The fourth-order valence-electron chi connectivity index (χ4n) is 5.87. The molecule has 0 saturated carbocycles. The van der Waals surface area contributed by atoms with E-state index >= 15 is 0 Å². The molecule has 5 nitrogen and oxygen atoms in total. The van der Waals surface area contributed by atoms with Crippen molar-refractivity contribution in [3.8, 4) is 17.2 Å². The van der Waals surface area contributed by atoms with Gasteiger partial charge in [0, 0.05) is 38.6 Å². The van der Waals surface area contributed by atoms with Crippen LogP contribution in [0, 0.1) is 0 Å². The molecule has 39 heavy (non-hydrogen) atoms. The van der Waals surface area contributed by atoms with Gasteiger partial charge in [-0.15, -0.1) is 0 Å². The van der Waals surface area contributed by atoms with Crippen LogP contribution in [0.4, 0.5) is 0 Å². The lowest BCUT2D eigenvalue weighted by molar-refractivity contribution is 0.666. The van der Waals surface area contributed by atoms with Crippen molar-refractivity contribution in [3.05, 3.63) is 115 Å². The monoisotopic (exact) mass is 501 g/mol. The van der Waals surface area contributed by atoms with Gasteiger partial charge >= 0.3 is 0 Å². The Morgan fingerprint density at radius 2 is 1.18 bits per heavy atom. The lowest BCUT2D eigenvalue weighted by Gasteiger charge is -2.09. The summed E-state index contributed by atoms with van der Waals surface area (Å²) < 4.78 is 14.8. The summed E-state index contributed by atoms with van der Waals surface area (Å²) in [7, 11) is 0. The van der Waals surface area contributed by atoms with Crippen molar-refractivity contribution in [3.63, 3.8) is 0 Å². The quantitative estimate of drug-likeness (QED) is 0.237. The van der Waals surface area contributed by atoms with E-state index in [1.165, 1.54) is 0 Å². The van der Waals surface area contributed by atoms with E-state index in [-0.39, 0.29) is 0 Å². The molecule has 5 heteroatoms. The van der Waals surface area contributed by atoms with Gasteiger partial charge in [0.25, 0.3) is 0 Å². The molecule has 0 aliphatic heterocycles. The van der Waals surface area contributed by atoms with Crippen molar-refractivity contribution >= 4 is 65.8 Å². The third-order valence-corrected chi connectivity index (χ3v) is 7.63. The minimum atomic E-state index is 0.592. The summed E-state index contributed by atoms with van der Waals surface area (Å²) in [5, 5.41) is 5.45. The van der Waals surface area contributed by atoms with Gasteiger partial charge in [0.2, 0.25) is 5.95 Å². The first-order valence-corrected chi connectivity index (χ1v) is 12.9. The Kier molecular flexibility index (Phi) is 3.99. The molecule has 0 aliphatic rings. The van der Waals surface area contributed by atoms with Crippen LogP contribution in [0.15, 0.2) is 124 Å². The minimum absolute atomic E-state index is 0.592. The predicted octanol–water partition coefficient (Wildman–Crippen LogP) is 9.04. The lowest BCUT2D eigenvalue weighted by atomic mass is 10.1.